The number of amides is 1. The van der Waals surface area contributed by atoms with E-state index in [-0.39, 0.29) is 17.9 Å². The molecule has 1 aromatic heterocycles. The second kappa shape index (κ2) is 6.96. The molecular formula is C19H24N4O2. The van der Waals surface area contributed by atoms with Gasteiger partial charge in [-0.3, -0.25) is 10.1 Å². The molecule has 1 N–H and O–H groups in total. The van der Waals surface area contributed by atoms with Gasteiger partial charge in [-0.1, -0.05) is 29.8 Å². The second-order valence-corrected chi connectivity index (χ2v) is 6.97. The maximum absolute atomic E-state index is 12.9. The van der Waals surface area contributed by atoms with Crippen molar-refractivity contribution in [1.29, 1.82) is 0 Å². The lowest BCUT2D eigenvalue weighted by molar-refractivity contribution is -0.129. The number of nitrogens with one attached hydrogen (secondary N) is 1. The number of nitrogens with zero attached hydrogens (tertiary/aromatic N) is 3. The fourth-order valence-corrected chi connectivity index (χ4v) is 3.67. The van der Waals surface area contributed by atoms with Gasteiger partial charge in [-0.2, -0.15) is 4.98 Å². The number of carbonyl (C=O) groups is 1. The Morgan fingerprint density at radius 2 is 2.08 bits per heavy atom. The van der Waals surface area contributed by atoms with E-state index in [0.29, 0.717) is 12.6 Å². The van der Waals surface area contributed by atoms with Crippen LogP contribution < -0.4 is 5.32 Å². The number of aryl methyl sites for hydroxylation is 3. The molecule has 25 heavy (non-hydrogen) atoms. The Morgan fingerprint density at radius 3 is 2.88 bits per heavy atom. The van der Waals surface area contributed by atoms with Crippen molar-refractivity contribution in [2.45, 2.75) is 51.7 Å². The Morgan fingerprint density at radius 1 is 1.24 bits per heavy atom. The molecule has 1 aromatic carbocycles. The Kier molecular flexibility index (Phi) is 4.53. The van der Waals surface area contributed by atoms with Crippen LogP contribution in [0.4, 0.5) is 5.95 Å². The highest BCUT2D eigenvalue weighted by atomic mass is 16.5. The van der Waals surface area contributed by atoms with E-state index in [1.807, 2.05) is 4.68 Å². The molecule has 6 nitrogen and oxygen atoms in total. The van der Waals surface area contributed by atoms with Gasteiger partial charge < -0.3 is 4.74 Å². The highest BCUT2D eigenvalue weighted by Gasteiger charge is 2.33. The molecule has 1 fully saturated rings. The molecule has 2 aliphatic rings. The number of hydrogen-bond acceptors (Lipinski definition) is 4. The summed E-state index contributed by atoms with van der Waals surface area (Å²) in [6, 6.07) is 8.23. The van der Waals surface area contributed by atoms with E-state index < -0.39 is 0 Å². The van der Waals surface area contributed by atoms with Crippen LogP contribution in [-0.2, 0) is 22.5 Å². The predicted octanol–water partition coefficient (Wildman–Crippen LogP) is 3.03. The summed E-state index contributed by atoms with van der Waals surface area (Å²) < 4.78 is 7.86. The van der Waals surface area contributed by atoms with E-state index in [2.05, 4.69) is 46.6 Å². The molecule has 132 valence electrons. The van der Waals surface area contributed by atoms with Gasteiger partial charge in [0.15, 0.2) is 0 Å². The summed E-state index contributed by atoms with van der Waals surface area (Å²) >= 11 is 0. The second-order valence-electron chi connectivity index (χ2n) is 6.97. The number of aromatic nitrogens is 3. The average molecular weight is 340 g/mol. The third kappa shape index (κ3) is 3.44. The lowest BCUT2D eigenvalue weighted by Crippen LogP contribution is -2.33. The van der Waals surface area contributed by atoms with Crippen LogP contribution in [-0.4, -0.2) is 27.3 Å². The van der Waals surface area contributed by atoms with Crippen LogP contribution in [0.15, 0.2) is 24.3 Å². The molecule has 2 aliphatic heterocycles. The SMILES string of the molecule is Cc1ccc([C@H]2OCCC[C@@H]2C(=O)Nc2nc3n(n2)CCCC3)cc1. The van der Waals surface area contributed by atoms with Crippen molar-refractivity contribution in [1.82, 2.24) is 14.8 Å². The third-order valence-electron chi connectivity index (χ3n) is 5.07. The summed E-state index contributed by atoms with van der Waals surface area (Å²) in [6.45, 7) is 3.64. The maximum Gasteiger partial charge on any atom is 0.248 e. The fraction of sp³-hybridized carbons (Fsp3) is 0.526. The van der Waals surface area contributed by atoms with E-state index >= 15 is 0 Å². The number of carbonyl (C=O) groups excluding carboxylic acids is 1. The molecule has 2 aromatic rings. The predicted molar refractivity (Wildman–Crippen MR) is 94.2 cm³/mol. The Hall–Kier alpha value is -2.21. The standard InChI is InChI=1S/C19H24N4O2/c1-13-7-9-14(10-8-13)17-15(5-4-12-25-17)18(24)21-19-20-16-6-2-3-11-23(16)22-19/h7-10,15,17H,2-6,11-12H2,1H3,(H,21,22,24)/t15-,17+/m0/s1. The van der Waals surface area contributed by atoms with Gasteiger partial charge in [-0.15, -0.1) is 5.10 Å². The van der Waals surface area contributed by atoms with Gasteiger partial charge >= 0.3 is 0 Å². The summed E-state index contributed by atoms with van der Waals surface area (Å²) in [4.78, 5) is 17.3. The van der Waals surface area contributed by atoms with Crippen molar-refractivity contribution in [3.05, 3.63) is 41.2 Å². The van der Waals surface area contributed by atoms with Crippen LogP contribution in [0.2, 0.25) is 0 Å². The van der Waals surface area contributed by atoms with E-state index in [1.54, 1.807) is 0 Å². The minimum absolute atomic E-state index is 0.0479. The van der Waals surface area contributed by atoms with Crippen LogP contribution in [0.25, 0.3) is 0 Å². The van der Waals surface area contributed by atoms with Crippen molar-refractivity contribution >= 4 is 11.9 Å². The molecule has 0 spiro atoms. The molecule has 3 heterocycles. The quantitative estimate of drug-likeness (QED) is 0.932. The summed E-state index contributed by atoms with van der Waals surface area (Å²) in [5, 5.41) is 7.35. The zero-order chi connectivity index (χ0) is 17.2. The minimum atomic E-state index is -0.211. The molecule has 2 atom stereocenters. The molecule has 0 bridgehead atoms. The van der Waals surface area contributed by atoms with Crippen molar-refractivity contribution in [3.8, 4) is 0 Å². The molecule has 4 rings (SSSR count). The Balaban J connectivity index is 1.50. The van der Waals surface area contributed by atoms with Crippen molar-refractivity contribution in [3.63, 3.8) is 0 Å². The van der Waals surface area contributed by atoms with Crippen LogP contribution in [0.3, 0.4) is 0 Å². The van der Waals surface area contributed by atoms with Crippen molar-refractivity contribution < 1.29 is 9.53 Å². The Bertz CT molecular complexity index is 730. The largest absolute Gasteiger partial charge is 0.373 e. The van der Waals surface area contributed by atoms with Crippen molar-refractivity contribution in [2.75, 3.05) is 11.9 Å². The first-order valence-corrected chi connectivity index (χ1v) is 9.13. The van der Waals surface area contributed by atoms with Crippen LogP contribution in [0.5, 0.6) is 0 Å². The van der Waals surface area contributed by atoms with Crippen LogP contribution >= 0.6 is 0 Å². The highest BCUT2D eigenvalue weighted by Crippen LogP contribution is 2.34. The summed E-state index contributed by atoms with van der Waals surface area (Å²) in [7, 11) is 0. The van der Waals surface area contributed by atoms with E-state index in [4.69, 9.17) is 4.74 Å². The lowest BCUT2D eigenvalue weighted by atomic mass is 9.88. The fourth-order valence-electron chi connectivity index (χ4n) is 3.67. The van der Waals surface area contributed by atoms with E-state index in [1.165, 1.54) is 5.56 Å². The van der Waals surface area contributed by atoms with Gasteiger partial charge in [-0.05, 0) is 38.2 Å². The van der Waals surface area contributed by atoms with Gasteiger partial charge in [-0.25, -0.2) is 4.68 Å². The zero-order valence-electron chi connectivity index (χ0n) is 14.6. The normalized spacial score (nSPS) is 23.1. The number of hydrogen-bond donors (Lipinski definition) is 1. The van der Waals surface area contributed by atoms with E-state index in [9.17, 15) is 4.79 Å². The average Bonchev–Trinajstić information content (AvgIpc) is 3.04. The molecule has 6 heteroatoms. The van der Waals surface area contributed by atoms with Crippen LogP contribution in [0, 0.1) is 12.8 Å². The molecule has 0 saturated carbocycles. The number of anilines is 1. The third-order valence-corrected chi connectivity index (χ3v) is 5.07. The van der Waals surface area contributed by atoms with Gasteiger partial charge in [0.25, 0.3) is 0 Å². The monoisotopic (exact) mass is 340 g/mol. The maximum atomic E-state index is 12.9. The smallest absolute Gasteiger partial charge is 0.248 e. The molecule has 0 aliphatic carbocycles. The van der Waals surface area contributed by atoms with Gasteiger partial charge in [0.05, 0.1) is 12.0 Å². The molecular weight excluding hydrogens is 316 g/mol. The lowest BCUT2D eigenvalue weighted by Gasteiger charge is -2.30. The molecule has 0 radical (unpaired) electrons. The molecule has 1 amide bonds. The first-order chi connectivity index (χ1) is 12.2. The van der Waals surface area contributed by atoms with Gasteiger partial charge in [0.2, 0.25) is 11.9 Å². The Labute approximate surface area is 147 Å². The number of ether oxygens (including phenoxy) is 1. The van der Waals surface area contributed by atoms with E-state index in [0.717, 1.165) is 50.0 Å². The highest BCUT2D eigenvalue weighted by molar-refractivity contribution is 5.91. The van der Waals surface area contributed by atoms with Gasteiger partial charge in [0.1, 0.15) is 5.82 Å². The number of rotatable bonds is 3. The molecule has 1 saturated heterocycles. The topological polar surface area (TPSA) is 69.0 Å². The summed E-state index contributed by atoms with van der Waals surface area (Å²) in [5.41, 5.74) is 2.26. The van der Waals surface area contributed by atoms with Crippen LogP contribution in [0.1, 0.15) is 48.7 Å². The molecule has 0 unspecified atom stereocenters. The first-order valence-electron chi connectivity index (χ1n) is 9.13. The minimum Gasteiger partial charge on any atom is -0.373 e. The summed E-state index contributed by atoms with van der Waals surface area (Å²) in [6.07, 6.45) is 4.70. The number of fused-ring (bicyclic) bond motifs is 1. The van der Waals surface area contributed by atoms with Crippen molar-refractivity contribution in [2.24, 2.45) is 5.92 Å². The first kappa shape index (κ1) is 16.3. The summed E-state index contributed by atoms with van der Waals surface area (Å²) in [5.74, 6) is 1.14. The zero-order valence-corrected chi connectivity index (χ0v) is 14.6. The van der Waals surface area contributed by atoms with Gasteiger partial charge in [0, 0.05) is 19.6 Å². The number of benzene rings is 1.